The van der Waals surface area contributed by atoms with Gasteiger partial charge in [-0.2, -0.15) is 11.8 Å². The summed E-state index contributed by atoms with van der Waals surface area (Å²) in [6, 6.07) is -0.400. The highest BCUT2D eigenvalue weighted by molar-refractivity contribution is 8.00. The number of hydrogen-bond acceptors (Lipinski definition) is 3. The SMILES string of the molecule is C=CCC(N)C(=O)N1CCSC(CC)C1. The van der Waals surface area contributed by atoms with Gasteiger partial charge in [-0.25, -0.2) is 0 Å². The molecule has 1 amide bonds. The van der Waals surface area contributed by atoms with Crippen molar-refractivity contribution < 1.29 is 4.79 Å². The van der Waals surface area contributed by atoms with Crippen LogP contribution >= 0.6 is 11.8 Å². The Kier molecular flexibility index (Phi) is 5.19. The second-order valence-electron chi connectivity index (χ2n) is 3.82. The van der Waals surface area contributed by atoms with Crippen LogP contribution in [0.3, 0.4) is 0 Å². The van der Waals surface area contributed by atoms with Crippen LogP contribution in [0.5, 0.6) is 0 Å². The van der Waals surface area contributed by atoms with Crippen LogP contribution in [0.15, 0.2) is 12.7 Å². The number of nitrogens with two attached hydrogens (primary N) is 1. The van der Waals surface area contributed by atoms with Crippen molar-refractivity contribution in [3.8, 4) is 0 Å². The van der Waals surface area contributed by atoms with E-state index in [0.717, 1.165) is 25.3 Å². The first-order valence-electron chi connectivity index (χ1n) is 5.45. The highest BCUT2D eigenvalue weighted by atomic mass is 32.2. The molecule has 0 spiro atoms. The third-order valence-electron chi connectivity index (χ3n) is 2.64. The molecule has 1 rings (SSSR count). The van der Waals surface area contributed by atoms with E-state index in [-0.39, 0.29) is 5.91 Å². The summed E-state index contributed by atoms with van der Waals surface area (Å²) >= 11 is 1.95. The first-order valence-corrected chi connectivity index (χ1v) is 6.50. The maximum Gasteiger partial charge on any atom is 0.239 e. The van der Waals surface area contributed by atoms with Crippen LogP contribution in [0.1, 0.15) is 19.8 Å². The fourth-order valence-electron chi connectivity index (χ4n) is 1.68. The standard InChI is InChI=1S/C11H20N2OS/c1-3-5-10(12)11(14)13-6-7-15-9(4-2)8-13/h3,9-10H,1,4-8,12H2,2H3. The average Bonchev–Trinajstić information content (AvgIpc) is 2.28. The van der Waals surface area contributed by atoms with Crippen LogP contribution in [0.25, 0.3) is 0 Å². The Morgan fingerprint density at radius 1 is 1.80 bits per heavy atom. The quantitative estimate of drug-likeness (QED) is 0.737. The number of amides is 1. The zero-order valence-electron chi connectivity index (χ0n) is 9.32. The van der Waals surface area contributed by atoms with Crippen LogP contribution in [-0.4, -0.2) is 40.9 Å². The number of nitrogens with zero attached hydrogens (tertiary/aromatic N) is 1. The Hall–Kier alpha value is -0.480. The van der Waals surface area contributed by atoms with E-state index in [1.54, 1.807) is 6.08 Å². The van der Waals surface area contributed by atoms with Crippen molar-refractivity contribution in [3.05, 3.63) is 12.7 Å². The van der Waals surface area contributed by atoms with Gasteiger partial charge in [0.15, 0.2) is 0 Å². The number of rotatable bonds is 4. The number of hydrogen-bond donors (Lipinski definition) is 1. The molecule has 0 aromatic heterocycles. The lowest BCUT2D eigenvalue weighted by molar-refractivity contribution is -0.132. The molecule has 0 radical (unpaired) electrons. The van der Waals surface area contributed by atoms with Gasteiger partial charge in [-0.15, -0.1) is 6.58 Å². The van der Waals surface area contributed by atoms with Gasteiger partial charge in [-0.1, -0.05) is 13.0 Å². The van der Waals surface area contributed by atoms with Crippen molar-refractivity contribution in [1.82, 2.24) is 4.90 Å². The van der Waals surface area contributed by atoms with Crippen LogP contribution < -0.4 is 5.73 Å². The van der Waals surface area contributed by atoms with E-state index in [0.29, 0.717) is 11.7 Å². The minimum atomic E-state index is -0.400. The van der Waals surface area contributed by atoms with E-state index in [2.05, 4.69) is 13.5 Å². The molecule has 0 saturated carbocycles. The van der Waals surface area contributed by atoms with E-state index in [1.807, 2.05) is 16.7 Å². The average molecular weight is 228 g/mol. The Labute approximate surface area is 96.1 Å². The van der Waals surface area contributed by atoms with Gasteiger partial charge in [0, 0.05) is 24.1 Å². The molecule has 1 aliphatic rings. The molecule has 1 saturated heterocycles. The Bertz CT molecular complexity index is 233. The largest absolute Gasteiger partial charge is 0.339 e. The highest BCUT2D eigenvalue weighted by Crippen LogP contribution is 2.21. The summed E-state index contributed by atoms with van der Waals surface area (Å²) in [6.07, 6.45) is 3.39. The third kappa shape index (κ3) is 3.54. The van der Waals surface area contributed by atoms with Crippen molar-refractivity contribution in [3.63, 3.8) is 0 Å². The van der Waals surface area contributed by atoms with Gasteiger partial charge < -0.3 is 10.6 Å². The van der Waals surface area contributed by atoms with Gasteiger partial charge in [0.05, 0.1) is 6.04 Å². The molecule has 0 aliphatic carbocycles. The van der Waals surface area contributed by atoms with Crippen LogP contribution in [0.4, 0.5) is 0 Å². The zero-order chi connectivity index (χ0) is 11.3. The van der Waals surface area contributed by atoms with E-state index in [9.17, 15) is 4.79 Å². The molecule has 0 bridgehead atoms. The maximum absolute atomic E-state index is 11.9. The van der Waals surface area contributed by atoms with Crippen LogP contribution in [0, 0.1) is 0 Å². The van der Waals surface area contributed by atoms with Gasteiger partial charge in [0.2, 0.25) is 5.91 Å². The fraction of sp³-hybridized carbons (Fsp3) is 0.727. The predicted octanol–water partition coefficient (Wildman–Crippen LogP) is 1.24. The summed E-state index contributed by atoms with van der Waals surface area (Å²) in [7, 11) is 0. The summed E-state index contributed by atoms with van der Waals surface area (Å²) in [5, 5.41) is 0.582. The van der Waals surface area contributed by atoms with E-state index in [4.69, 9.17) is 5.73 Å². The first-order chi connectivity index (χ1) is 7.19. The highest BCUT2D eigenvalue weighted by Gasteiger charge is 2.25. The second kappa shape index (κ2) is 6.18. The zero-order valence-corrected chi connectivity index (χ0v) is 10.1. The number of carbonyl (C=O) groups is 1. The Balaban J connectivity index is 2.47. The van der Waals surface area contributed by atoms with Crippen LogP contribution in [0.2, 0.25) is 0 Å². The lowest BCUT2D eigenvalue weighted by atomic mass is 10.2. The topological polar surface area (TPSA) is 46.3 Å². The van der Waals surface area contributed by atoms with Crippen molar-refractivity contribution in [1.29, 1.82) is 0 Å². The molecule has 15 heavy (non-hydrogen) atoms. The fourth-order valence-corrected chi connectivity index (χ4v) is 2.86. The second-order valence-corrected chi connectivity index (χ2v) is 5.22. The minimum absolute atomic E-state index is 0.0775. The predicted molar refractivity (Wildman–Crippen MR) is 65.9 cm³/mol. The molecule has 4 heteroatoms. The molecule has 2 atom stereocenters. The van der Waals surface area contributed by atoms with Gasteiger partial charge in [-0.3, -0.25) is 4.79 Å². The van der Waals surface area contributed by atoms with Gasteiger partial charge in [-0.05, 0) is 12.8 Å². The first kappa shape index (κ1) is 12.6. The molecule has 3 nitrogen and oxygen atoms in total. The normalized spacial score (nSPS) is 23.6. The van der Waals surface area contributed by atoms with Gasteiger partial charge in [0.1, 0.15) is 0 Å². The molecule has 86 valence electrons. The molecule has 0 aromatic carbocycles. The van der Waals surface area contributed by atoms with Crippen molar-refractivity contribution >= 4 is 17.7 Å². The van der Waals surface area contributed by atoms with E-state index >= 15 is 0 Å². The Morgan fingerprint density at radius 2 is 2.53 bits per heavy atom. The summed E-state index contributed by atoms with van der Waals surface area (Å²) in [5.74, 6) is 1.11. The lowest BCUT2D eigenvalue weighted by Crippen LogP contribution is -2.49. The van der Waals surface area contributed by atoms with Crippen molar-refractivity contribution in [2.75, 3.05) is 18.8 Å². The summed E-state index contributed by atoms with van der Waals surface area (Å²) in [6.45, 7) is 7.46. The number of carbonyl (C=O) groups excluding carboxylic acids is 1. The van der Waals surface area contributed by atoms with Crippen molar-refractivity contribution in [2.45, 2.75) is 31.1 Å². The lowest BCUT2D eigenvalue weighted by Gasteiger charge is -2.33. The van der Waals surface area contributed by atoms with E-state index in [1.165, 1.54) is 0 Å². The minimum Gasteiger partial charge on any atom is -0.339 e. The molecular formula is C11H20N2OS. The Morgan fingerprint density at radius 3 is 3.13 bits per heavy atom. The van der Waals surface area contributed by atoms with Gasteiger partial charge in [0.25, 0.3) is 0 Å². The third-order valence-corrected chi connectivity index (χ3v) is 4.02. The molecule has 1 aliphatic heterocycles. The summed E-state index contributed by atoms with van der Waals surface area (Å²) < 4.78 is 0. The molecule has 1 heterocycles. The number of thioether (sulfide) groups is 1. The molecular weight excluding hydrogens is 208 g/mol. The summed E-state index contributed by atoms with van der Waals surface area (Å²) in [4.78, 5) is 13.8. The van der Waals surface area contributed by atoms with E-state index < -0.39 is 6.04 Å². The molecule has 0 aromatic rings. The smallest absolute Gasteiger partial charge is 0.239 e. The molecule has 1 fully saturated rings. The molecule has 2 N–H and O–H groups in total. The summed E-state index contributed by atoms with van der Waals surface area (Å²) in [5.41, 5.74) is 5.78. The monoisotopic (exact) mass is 228 g/mol. The maximum atomic E-state index is 11.9. The van der Waals surface area contributed by atoms with Gasteiger partial charge >= 0.3 is 0 Å². The molecule has 2 unspecified atom stereocenters. The van der Waals surface area contributed by atoms with Crippen molar-refractivity contribution in [2.24, 2.45) is 5.73 Å². The van der Waals surface area contributed by atoms with Crippen LogP contribution in [-0.2, 0) is 4.79 Å².